The molecule has 2 aliphatic rings. The van der Waals surface area contributed by atoms with Crippen LogP contribution in [0.4, 0.5) is 0 Å². The molecule has 1 N–H and O–H groups in total. The highest BCUT2D eigenvalue weighted by Crippen LogP contribution is 2.34. The van der Waals surface area contributed by atoms with Gasteiger partial charge in [-0.1, -0.05) is 6.92 Å². The van der Waals surface area contributed by atoms with Crippen molar-refractivity contribution in [2.45, 2.75) is 38.1 Å². The summed E-state index contributed by atoms with van der Waals surface area (Å²) in [6.07, 6.45) is 1.87. The molecule has 2 saturated heterocycles. The number of carboxylic acid groups (broad SMARTS) is 1. The Morgan fingerprint density at radius 3 is 2.63 bits per heavy atom. The van der Waals surface area contributed by atoms with E-state index in [1.54, 1.807) is 6.92 Å². The van der Waals surface area contributed by atoms with Gasteiger partial charge in [0, 0.05) is 18.8 Å². The third-order valence-corrected chi connectivity index (χ3v) is 7.10. The maximum absolute atomic E-state index is 12.6. The highest BCUT2D eigenvalue weighted by Gasteiger charge is 2.46. The van der Waals surface area contributed by atoms with Gasteiger partial charge in [0.2, 0.25) is 0 Å². The Morgan fingerprint density at radius 2 is 2.05 bits per heavy atom. The van der Waals surface area contributed by atoms with E-state index in [-0.39, 0.29) is 5.37 Å². The number of aliphatic carboxylic acids is 1. The molecular weight excluding hydrogens is 288 g/mol. The SMILES string of the molecule is CC1CCCN(S(=O)(=O)N2C(C)SCC2C(=O)O)C1. The summed E-state index contributed by atoms with van der Waals surface area (Å²) in [5, 5.41) is 8.86. The topological polar surface area (TPSA) is 77.9 Å². The zero-order chi connectivity index (χ0) is 14.2. The average Bonchev–Trinajstić information content (AvgIpc) is 2.72. The fourth-order valence-corrected chi connectivity index (χ4v) is 6.24. The zero-order valence-corrected chi connectivity index (χ0v) is 12.8. The summed E-state index contributed by atoms with van der Waals surface area (Å²) in [6.45, 7) is 4.76. The quantitative estimate of drug-likeness (QED) is 0.835. The van der Waals surface area contributed by atoms with Gasteiger partial charge in [0.1, 0.15) is 6.04 Å². The van der Waals surface area contributed by atoms with Gasteiger partial charge < -0.3 is 5.11 Å². The Bertz CT molecular complexity index is 454. The Morgan fingerprint density at radius 1 is 1.37 bits per heavy atom. The maximum atomic E-state index is 12.6. The molecule has 0 radical (unpaired) electrons. The Balaban J connectivity index is 2.24. The molecule has 0 amide bonds. The molecule has 0 aromatic carbocycles. The van der Waals surface area contributed by atoms with Gasteiger partial charge in [0.15, 0.2) is 0 Å². The molecule has 2 rings (SSSR count). The van der Waals surface area contributed by atoms with Crippen LogP contribution >= 0.6 is 11.8 Å². The first-order valence-corrected chi connectivity index (χ1v) is 8.91. The van der Waals surface area contributed by atoms with Crippen molar-refractivity contribution >= 4 is 27.9 Å². The molecule has 2 aliphatic heterocycles. The molecular formula is C11H20N2O4S2. The van der Waals surface area contributed by atoms with Gasteiger partial charge in [-0.15, -0.1) is 11.8 Å². The number of hydrogen-bond donors (Lipinski definition) is 1. The minimum atomic E-state index is -3.67. The summed E-state index contributed by atoms with van der Waals surface area (Å²) in [6, 6.07) is -0.942. The smallest absolute Gasteiger partial charge is 0.322 e. The summed E-state index contributed by atoms with van der Waals surface area (Å²) < 4.78 is 27.9. The van der Waals surface area contributed by atoms with Crippen LogP contribution in [0, 0.1) is 5.92 Å². The molecule has 3 atom stereocenters. The minimum Gasteiger partial charge on any atom is -0.480 e. The second-order valence-electron chi connectivity index (χ2n) is 5.23. The summed E-state index contributed by atoms with van der Waals surface area (Å²) in [5.74, 6) is -0.415. The number of piperidine rings is 1. The van der Waals surface area contributed by atoms with Crippen molar-refractivity contribution in [2.24, 2.45) is 5.92 Å². The molecule has 2 fully saturated rings. The lowest BCUT2D eigenvalue weighted by atomic mass is 10.0. The molecule has 8 heteroatoms. The number of hydrogen-bond acceptors (Lipinski definition) is 4. The van der Waals surface area contributed by atoms with Gasteiger partial charge in [-0.25, -0.2) is 0 Å². The summed E-state index contributed by atoms with van der Waals surface area (Å²) >= 11 is 1.37. The van der Waals surface area contributed by atoms with E-state index in [4.69, 9.17) is 0 Å². The fraction of sp³-hybridized carbons (Fsp3) is 0.909. The van der Waals surface area contributed by atoms with Crippen LogP contribution in [0.2, 0.25) is 0 Å². The minimum absolute atomic E-state index is 0.316. The molecule has 110 valence electrons. The van der Waals surface area contributed by atoms with E-state index in [1.165, 1.54) is 16.1 Å². The molecule has 2 heterocycles. The number of rotatable bonds is 3. The van der Waals surface area contributed by atoms with Crippen molar-refractivity contribution in [3.8, 4) is 0 Å². The summed E-state index contributed by atoms with van der Waals surface area (Å²) in [4.78, 5) is 11.2. The van der Waals surface area contributed by atoms with E-state index < -0.39 is 22.2 Å². The first kappa shape index (κ1) is 15.1. The molecule has 0 aliphatic carbocycles. The van der Waals surface area contributed by atoms with Gasteiger partial charge in [-0.3, -0.25) is 4.79 Å². The van der Waals surface area contributed by atoms with Crippen molar-refractivity contribution in [3.05, 3.63) is 0 Å². The predicted octanol–water partition coefficient (Wildman–Crippen LogP) is 0.811. The monoisotopic (exact) mass is 308 g/mol. The van der Waals surface area contributed by atoms with E-state index in [0.717, 1.165) is 17.1 Å². The molecule has 0 spiro atoms. The molecule has 3 unspecified atom stereocenters. The molecule has 0 aromatic rings. The third kappa shape index (κ3) is 2.91. The van der Waals surface area contributed by atoms with Crippen LogP contribution in [0.25, 0.3) is 0 Å². The van der Waals surface area contributed by atoms with E-state index in [9.17, 15) is 18.3 Å². The number of thioether (sulfide) groups is 1. The lowest BCUT2D eigenvalue weighted by Crippen LogP contribution is -2.53. The van der Waals surface area contributed by atoms with Crippen molar-refractivity contribution in [3.63, 3.8) is 0 Å². The molecule has 19 heavy (non-hydrogen) atoms. The standard InChI is InChI=1S/C11H20N2O4S2/c1-8-4-3-5-12(6-8)19(16,17)13-9(2)18-7-10(13)11(14)15/h8-10H,3-7H2,1-2H3,(H,14,15). The number of carbonyl (C=O) groups is 1. The highest BCUT2D eigenvalue weighted by molar-refractivity contribution is 8.01. The largest absolute Gasteiger partial charge is 0.480 e. The fourth-order valence-electron chi connectivity index (χ4n) is 2.65. The normalized spacial score (nSPS) is 34.5. The van der Waals surface area contributed by atoms with Gasteiger partial charge in [0.25, 0.3) is 10.2 Å². The number of carboxylic acids is 1. The molecule has 0 saturated carbocycles. The van der Waals surface area contributed by atoms with Crippen LogP contribution in [0.3, 0.4) is 0 Å². The van der Waals surface area contributed by atoms with Crippen LogP contribution in [-0.2, 0) is 15.0 Å². The molecule has 0 bridgehead atoms. The van der Waals surface area contributed by atoms with Crippen molar-refractivity contribution < 1.29 is 18.3 Å². The van der Waals surface area contributed by atoms with E-state index in [0.29, 0.717) is 24.8 Å². The molecule has 6 nitrogen and oxygen atoms in total. The maximum Gasteiger partial charge on any atom is 0.322 e. The van der Waals surface area contributed by atoms with Gasteiger partial charge in [-0.2, -0.15) is 17.0 Å². The second kappa shape index (κ2) is 5.59. The van der Waals surface area contributed by atoms with E-state index in [2.05, 4.69) is 0 Å². The van der Waals surface area contributed by atoms with Crippen molar-refractivity contribution in [1.82, 2.24) is 8.61 Å². The van der Waals surface area contributed by atoms with E-state index >= 15 is 0 Å². The first-order chi connectivity index (χ1) is 8.84. The van der Waals surface area contributed by atoms with Gasteiger partial charge >= 0.3 is 5.97 Å². The van der Waals surface area contributed by atoms with Gasteiger partial charge in [-0.05, 0) is 25.7 Å². The summed E-state index contributed by atoms with van der Waals surface area (Å²) in [5.41, 5.74) is 0. The second-order valence-corrected chi connectivity index (χ2v) is 8.41. The predicted molar refractivity (Wildman–Crippen MR) is 74.1 cm³/mol. The van der Waals surface area contributed by atoms with Gasteiger partial charge in [0.05, 0.1) is 5.37 Å². The van der Waals surface area contributed by atoms with Crippen LogP contribution < -0.4 is 0 Å². The van der Waals surface area contributed by atoms with Crippen LogP contribution in [-0.4, -0.2) is 58.4 Å². The average molecular weight is 308 g/mol. The lowest BCUT2D eigenvalue weighted by molar-refractivity contribution is -0.140. The summed E-state index contributed by atoms with van der Waals surface area (Å²) in [7, 11) is -3.67. The molecule has 0 aromatic heterocycles. The van der Waals surface area contributed by atoms with Crippen molar-refractivity contribution in [2.75, 3.05) is 18.8 Å². The Kier molecular flexibility index (Phi) is 4.44. The highest BCUT2D eigenvalue weighted by atomic mass is 32.2. The Labute approximate surface area is 118 Å². The van der Waals surface area contributed by atoms with Crippen molar-refractivity contribution in [1.29, 1.82) is 0 Å². The number of nitrogens with zero attached hydrogens (tertiary/aromatic N) is 2. The van der Waals surface area contributed by atoms with E-state index in [1.807, 2.05) is 6.92 Å². The van der Waals surface area contributed by atoms with Crippen LogP contribution in [0.1, 0.15) is 26.7 Å². The lowest BCUT2D eigenvalue weighted by Gasteiger charge is -2.35. The first-order valence-electron chi connectivity index (χ1n) is 6.47. The van der Waals surface area contributed by atoms with Crippen LogP contribution in [0.5, 0.6) is 0 Å². The third-order valence-electron chi connectivity index (χ3n) is 3.66. The Hall–Kier alpha value is -0.310. The van der Waals surface area contributed by atoms with Crippen LogP contribution in [0.15, 0.2) is 0 Å². The zero-order valence-electron chi connectivity index (χ0n) is 11.2.